The van der Waals surface area contributed by atoms with Gasteiger partial charge < -0.3 is 4.57 Å². The lowest BCUT2D eigenvalue weighted by atomic mass is 10.6. The third-order valence-corrected chi connectivity index (χ3v) is 2.10. The number of thiazole rings is 1. The molecule has 0 amide bonds. The largest absolute Gasteiger partial charge is 0.315 e. The number of aryl methyl sites for hydroxylation is 1. The van der Waals surface area contributed by atoms with Gasteiger partial charge >= 0.3 is 0 Å². The van der Waals surface area contributed by atoms with Crippen molar-refractivity contribution in [3.8, 4) is 10.8 Å². The smallest absolute Gasteiger partial charge is 0.192 e. The van der Waals surface area contributed by atoms with Crippen molar-refractivity contribution in [1.82, 2.24) is 19.7 Å². The Hall–Kier alpha value is -1.23. The maximum Gasteiger partial charge on any atom is 0.192 e. The van der Waals surface area contributed by atoms with Gasteiger partial charge in [0.2, 0.25) is 0 Å². The average Bonchev–Trinajstić information content (AvgIpc) is 2.55. The van der Waals surface area contributed by atoms with E-state index < -0.39 is 0 Å². The Morgan fingerprint density at radius 1 is 1.55 bits per heavy atom. The van der Waals surface area contributed by atoms with Crippen LogP contribution in [0, 0.1) is 0 Å². The Kier molecular flexibility index (Phi) is 1.43. The second kappa shape index (κ2) is 2.43. The summed E-state index contributed by atoms with van der Waals surface area (Å²) in [7, 11) is 1.90. The molecule has 0 aliphatic rings. The summed E-state index contributed by atoms with van der Waals surface area (Å²) in [6.07, 6.45) is 3.42. The topological polar surface area (TPSA) is 43.6 Å². The molecule has 2 aromatic heterocycles. The summed E-state index contributed by atoms with van der Waals surface area (Å²) >= 11 is 1.56. The minimum Gasteiger partial charge on any atom is -0.315 e. The molecule has 5 heteroatoms. The summed E-state index contributed by atoms with van der Waals surface area (Å²) in [5.41, 5.74) is 0. The van der Waals surface area contributed by atoms with Crippen LogP contribution in [0.3, 0.4) is 0 Å². The SMILES string of the molecule is Cn1cnnc1-c1nccs1. The van der Waals surface area contributed by atoms with E-state index in [9.17, 15) is 0 Å². The van der Waals surface area contributed by atoms with Gasteiger partial charge in [-0.3, -0.25) is 0 Å². The van der Waals surface area contributed by atoms with Crippen LogP contribution in [0.25, 0.3) is 10.8 Å². The fourth-order valence-electron chi connectivity index (χ4n) is 0.811. The second-order valence-corrected chi connectivity index (χ2v) is 3.00. The zero-order valence-corrected chi connectivity index (χ0v) is 6.75. The Bertz CT molecular complexity index is 337. The maximum atomic E-state index is 4.11. The van der Waals surface area contributed by atoms with E-state index in [4.69, 9.17) is 0 Å². The van der Waals surface area contributed by atoms with Crippen molar-refractivity contribution in [1.29, 1.82) is 0 Å². The van der Waals surface area contributed by atoms with Crippen LogP contribution >= 0.6 is 11.3 Å². The molecule has 0 fully saturated rings. The number of hydrogen-bond acceptors (Lipinski definition) is 4. The van der Waals surface area contributed by atoms with Gasteiger partial charge in [0.1, 0.15) is 6.33 Å². The first kappa shape index (κ1) is 6.48. The summed E-state index contributed by atoms with van der Waals surface area (Å²) < 4.78 is 1.85. The molecule has 0 aliphatic carbocycles. The molecule has 56 valence electrons. The van der Waals surface area contributed by atoms with Gasteiger partial charge in [0.15, 0.2) is 10.8 Å². The van der Waals surface area contributed by atoms with E-state index in [0.717, 1.165) is 10.8 Å². The van der Waals surface area contributed by atoms with Gasteiger partial charge in [-0.15, -0.1) is 21.5 Å². The van der Waals surface area contributed by atoms with Gasteiger partial charge in [-0.25, -0.2) is 4.98 Å². The monoisotopic (exact) mass is 166 g/mol. The third kappa shape index (κ3) is 1.03. The number of rotatable bonds is 1. The Labute approximate surface area is 67.5 Å². The Morgan fingerprint density at radius 3 is 3.00 bits per heavy atom. The first-order chi connectivity index (χ1) is 5.38. The molecule has 4 nitrogen and oxygen atoms in total. The van der Waals surface area contributed by atoms with E-state index in [1.165, 1.54) is 0 Å². The molecule has 0 radical (unpaired) electrons. The van der Waals surface area contributed by atoms with Gasteiger partial charge in [-0.1, -0.05) is 0 Å². The third-order valence-electron chi connectivity index (χ3n) is 1.33. The van der Waals surface area contributed by atoms with E-state index in [1.54, 1.807) is 23.9 Å². The molecule has 0 unspecified atom stereocenters. The van der Waals surface area contributed by atoms with Crippen LogP contribution in [-0.2, 0) is 7.05 Å². The zero-order valence-electron chi connectivity index (χ0n) is 5.93. The molecule has 2 aromatic rings. The molecule has 0 aromatic carbocycles. The first-order valence-electron chi connectivity index (χ1n) is 3.12. The van der Waals surface area contributed by atoms with Crippen molar-refractivity contribution < 1.29 is 0 Å². The Balaban J connectivity index is 2.53. The number of aromatic nitrogens is 4. The summed E-state index contributed by atoms with van der Waals surface area (Å²) in [5, 5.41) is 10.5. The van der Waals surface area contributed by atoms with Crippen LogP contribution in [0.2, 0.25) is 0 Å². The van der Waals surface area contributed by atoms with Crippen LogP contribution in [-0.4, -0.2) is 19.7 Å². The average molecular weight is 166 g/mol. The molecular weight excluding hydrogens is 160 g/mol. The lowest BCUT2D eigenvalue weighted by Gasteiger charge is -1.91. The van der Waals surface area contributed by atoms with Crippen LogP contribution in [0.4, 0.5) is 0 Å². The lowest BCUT2D eigenvalue weighted by molar-refractivity contribution is 0.918. The molecule has 0 saturated carbocycles. The van der Waals surface area contributed by atoms with E-state index in [0.29, 0.717) is 0 Å². The van der Waals surface area contributed by atoms with Crippen molar-refractivity contribution in [2.45, 2.75) is 0 Å². The summed E-state index contributed by atoms with van der Waals surface area (Å²) in [6, 6.07) is 0. The van der Waals surface area contributed by atoms with Crippen molar-refractivity contribution in [3.05, 3.63) is 17.9 Å². The molecule has 0 spiro atoms. The van der Waals surface area contributed by atoms with Crippen molar-refractivity contribution in [3.63, 3.8) is 0 Å². The highest BCUT2D eigenvalue weighted by Crippen LogP contribution is 2.17. The van der Waals surface area contributed by atoms with E-state index in [-0.39, 0.29) is 0 Å². The van der Waals surface area contributed by atoms with Crippen molar-refractivity contribution >= 4 is 11.3 Å². The van der Waals surface area contributed by atoms with Gasteiger partial charge in [-0.2, -0.15) is 0 Å². The van der Waals surface area contributed by atoms with Gasteiger partial charge in [-0.05, 0) is 0 Å². The summed E-state index contributed by atoms with van der Waals surface area (Å²) in [4.78, 5) is 4.11. The standard InChI is InChI=1S/C6H6N4S/c1-10-4-8-9-5(10)6-7-2-3-11-6/h2-4H,1H3. The van der Waals surface area contributed by atoms with Crippen LogP contribution in [0.5, 0.6) is 0 Å². The number of hydrogen-bond donors (Lipinski definition) is 0. The van der Waals surface area contributed by atoms with E-state index in [2.05, 4.69) is 15.2 Å². The first-order valence-corrected chi connectivity index (χ1v) is 4.00. The molecule has 0 aliphatic heterocycles. The minimum atomic E-state index is 0.819. The van der Waals surface area contributed by atoms with Crippen LogP contribution < -0.4 is 0 Å². The summed E-state index contributed by atoms with van der Waals surface area (Å²) in [5.74, 6) is 0.819. The fraction of sp³-hybridized carbons (Fsp3) is 0.167. The lowest BCUT2D eigenvalue weighted by Crippen LogP contribution is -1.89. The molecule has 2 heterocycles. The van der Waals surface area contributed by atoms with Crippen LogP contribution in [0.15, 0.2) is 17.9 Å². The van der Waals surface area contributed by atoms with E-state index >= 15 is 0 Å². The molecule has 0 saturated heterocycles. The maximum absolute atomic E-state index is 4.11. The molecule has 0 N–H and O–H groups in total. The minimum absolute atomic E-state index is 0.819. The van der Waals surface area contributed by atoms with Gasteiger partial charge in [0.05, 0.1) is 0 Å². The fourth-order valence-corrected chi connectivity index (χ4v) is 1.47. The molecule has 2 rings (SSSR count). The van der Waals surface area contributed by atoms with E-state index in [1.807, 2.05) is 17.0 Å². The normalized spacial score (nSPS) is 10.3. The van der Waals surface area contributed by atoms with Crippen molar-refractivity contribution in [2.24, 2.45) is 7.05 Å². The Morgan fingerprint density at radius 2 is 2.45 bits per heavy atom. The van der Waals surface area contributed by atoms with Gasteiger partial charge in [0.25, 0.3) is 0 Å². The second-order valence-electron chi connectivity index (χ2n) is 2.10. The highest BCUT2D eigenvalue weighted by atomic mass is 32.1. The molecule has 11 heavy (non-hydrogen) atoms. The predicted molar refractivity (Wildman–Crippen MR) is 42.1 cm³/mol. The molecule has 0 bridgehead atoms. The van der Waals surface area contributed by atoms with Gasteiger partial charge in [0, 0.05) is 18.6 Å². The highest BCUT2D eigenvalue weighted by Gasteiger charge is 2.05. The molecule has 0 atom stereocenters. The number of nitrogens with zero attached hydrogens (tertiary/aromatic N) is 4. The summed E-state index contributed by atoms with van der Waals surface area (Å²) in [6.45, 7) is 0. The quantitative estimate of drug-likeness (QED) is 0.633. The predicted octanol–water partition coefficient (Wildman–Crippen LogP) is 0.939. The molecular formula is C6H6N4S. The van der Waals surface area contributed by atoms with Crippen molar-refractivity contribution in [2.75, 3.05) is 0 Å². The van der Waals surface area contributed by atoms with Crippen LogP contribution in [0.1, 0.15) is 0 Å². The highest BCUT2D eigenvalue weighted by molar-refractivity contribution is 7.13. The zero-order chi connectivity index (χ0) is 7.68.